The van der Waals surface area contributed by atoms with Crippen LogP contribution in [-0.2, 0) is 6.42 Å². The lowest BCUT2D eigenvalue weighted by atomic mass is 10.1. The fraction of sp³-hybridized carbons (Fsp3) is 0.357. The number of aromatic nitrogens is 1. The third-order valence-corrected chi connectivity index (χ3v) is 2.72. The minimum atomic E-state index is 0.220. The Balaban J connectivity index is 2.13. The molecule has 0 spiro atoms. The summed E-state index contributed by atoms with van der Waals surface area (Å²) < 4.78 is 5.69. The molecule has 1 unspecified atom stereocenters. The molecule has 0 fully saturated rings. The van der Waals surface area contributed by atoms with E-state index < -0.39 is 0 Å². The number of hydrogen-bond acceptors (Lipinski definition) is 3. The molecule has 0 saturated carbocycles. The lowest BCUT2D eigenvalue weighted by Gasteiger charge is -2.15. The number of hydrogen-bond donors (Lipinski definition) is 1. The van der Waals surface area contributed by atoms with Crippen molar-refractivity contribution in [3.63, 3.8) is 0 Å². The standard InChI is InChI=1S/C14H18N2O/c1-3-16-13(14-7-6-11(2)17-14)9-12-5-4-8-15-10-12/h4-8,10,13,16H,3,9H2,1-2H3. The normalized spacial score (nSPS) is 12.6. The Morgan fingerprint density at radius 1 is 1.35 bits per heavy atom. The predicted molar refractivity (Wildman–Crippen MR) is 67.8 cm³/mol. The zero-order chi connectivity index (χ0) is 12.1. The number of rotatable bonds is 5. The van der Waals surface area contributed by atoms with Gasteiger partial charge in [0.25, 0.3) is 0 Å². The van der Waals surface area contributed by atoms with Crippen molar-refractivity contribution in [2.24, 2.45) is 0 Å². The molecular formula is C14H18N2O. The summed E-state index contributed by atoms with van der Waals surface area (Å²) >= 11 is 0. The van der Waals surface area contributed by atoms with Gasteiger partial charge < -0.3 is 9.73 Å². The van der Waals surface area contributed by atoms with Crippen molar-refractivity contribution in [2.75, 3.05) is 6.54 Å². The van der Waals surface area contributed by atoms with Crippen LogP contribution in [0.4, 0.5) is 0 Å². The van der Waals surface area contributed by atoms with Crippen molar-refractivity contribution in [2.45, 2.75) is 26.3 Å². The largest absolute Gasteiger partial charge is 0.465 e. The molecule has 0 amide bonds. The van der Waals surface area contributed by atoms with Gasteiger partial charge in [0.05, 0.1) is 6.04 Å². The van der Waals surface area contributed by atoms with E-state index in [1.54, 1.807) is 6.20 Å². The molecule has 2 heterocycles. The van der Waals surface area contributed by atoms with Gasteiger partial charge in [-0.15, -0.1) is 0 Å². The van der Waals surface area contributed by atoms with Crippen molar-refractivity contribution in [1.29, 1.82) is 0 Å². The summed E-state index contributed by atoms with van der Waals surface area (Å²) in [6.45, 7) is 4.99. The number of aryl methyl sites for hydroxylation is 1. The second-order valence-corrected chi connectivity index (χ2v) is 4.12. The Hall–Kier alpha value is -1.61. The van der Waals surface area contributed by atoms with Crippen molar-refractivity contribution in [3.8, 4) is 0 Å². The minimum absolute atomic E-state index is 0.220. The van der Waals surface area contributed by atoms with Gasteiger partial charge in [-0.25, -0.2) is 0 Å². The zero-order valence-corrected chi connectivity index (χ0v) is 10.3. The zero-order valence-electron chi connectivity index (χ0n) is 10.3. The van der Waals surface area contributed by atoms with Crippen LogP contribution in [-0.4, -0.2) is 11.5 Å². The van der Waals surface area contributed by atoms with Gasteiger partial charge in [-0.3, -0.25) is 4.98 Å². The Morgan fingerprint density at radius 3 is 2.82 bits per heavy atom. The summed E-state index contributed by atoms with van der Waals surface area (Å²) in [7, 11) is 0. The monoisotopic (exact) mass is 230 g/mol. The van der Waals surface area contributed by atoms with Crippen LogP contribution in [0.5, 0.6) is 0 Å². The van der Waals surface area contributed by atoms with Crippen LogP contribution >= 0.6 is 0 Å². The molecule has 17 heavy (non-hydrogen) atoms. The van der Waals surface area contributed by atoms with E-state index in [1.807, 2.05) is 31.3 Å². The maximum Gasteiger partial charge on any atom is 0.121 e. The van der Waals surface area contributed by atoms with E-state index in [4.69, 9.17) is 4.42 Å². The molecule has 1 atom stereocenters. The van der Waals surface area contributed by atoms with E-state index in [0.29, 0.717) is 0 Å². The topological polar surface area (TPSA) is 38.1 Å². The third-order valence-electron chi connectivity index (χ3n) is 2.72. The van der Waals surface area contributed by atoms with E-state index in [1.165, 1.54) is 5.56 Å². The van der Waals surface area contributed by atoms with Crippen LogP contribution in [0.1, 0.15) is 30.0 Å². The van der Waals surface area contributed by atoms with Gasteiger partial charge in [0.2, 0.25) is 0 Å². The molecule has 0 aliphatic heterocycles. The summed E-state index contributed by atoms with van der Waals surface area (Å²) in [5, 5.41) is 3.44. The first-order valence-corrected chi connectivity index (χ1v) is 5.98. The third kappa shape index (κ3) is 3.17. The first-order valence-electron chi connectivity index (χ1n) is 5.98. The summed E-state index contributed by atoms with van der Waals surface area (Å²) in [6.07, 6.45) is 4.59. The van der Waals surface area contributed by atoms with E-state index in [2.05, 4.69) is 23.3 Å². The molecule has 1 N–H and O–H groups in total. The van der Waals surface area contributed by atoms with Crippen LogP contribution in [0, 0.1) is 6.92 Å². The molecule has 0 bridgehead atoms. The number of likely N-dealkylation sites (N-methyl/N-ethyl adjacent to an activating group) is 1. The van der Waals surface area contributed by atoms with Gasteiger partial charge in [0.15, 0.2) is 0 Å². The van der Waals surface area contributed by atoms with Crippen molar-refractivity contribution in [3.05, 3.63) is 53.7 Å². The Bertz CT molecular complexity index is 450. The first-order chi connectivity index (χ1) is 8.29. The van der Waals surface area contributed by atoms with Crippen molar-refractivity contribution >= 4 is 0 Å². The summed E-state index contributed by atoms with van der Waals surface area (Å²) in [6, 6.07) is 8.32. The van der Waals surface area contributed by atoms with Crippen molar-refractivity contribution < 1.29 is 4.42 Å². The Kier molecular flexibility index (Phi) is 3.94. The quantitative estimate of drug-likeness (QED) is 0.858. The molecular weight excluding hydrogens is 212 g/mol. The van der Waals surface area contributed by atoms with Gasteiger partial charge in [0, 0.05) is 12.4 Å². The SMILES string of the molecule is CCNC(Cc1cccnc1)c1ccc(C)o1. The highest BCUT2D eigenvalue weighted by Crippen LogP contribution is 2.20. The summed E-state index contributed by atoms with van der Waals surface area (Å²) in [5.74, 6) is 1.95. The maximum absolute atomic E-state index is 5.69. The van der Waals surface area contributed by atoms with E-state index in [9.17, 15) is 0 Å². The first kappa shape index (κ1) is 11.9. The highest BCUT2D eigenvalue weighted by Gasteiger charge is 2.14. The molecule has 3 nitrogen and oxygen atoms in total. The highest BCUT2D eigenvalue weighted by molar-refractivity contribution is 5.16. The highest BCUT2D eigenvalue weighted by atomic mass is 16.3. The second-order valence-electron chi connectivity index (χ2n) is 4.12. The number of nitrogens with zero attached hydrogens (tertiary/aromatic N) is 1. The molecule has 0 aliphatic carbocycles. The summed E-state index contributed by atoms with van der Waals surface area (Å²) in [4.78, 5) is 4.14. The van der Waals surface area contributed by atoms with Crippen LogP contribution in [0.15, 0.2) is 41.1 Å². The van der Waals surface area contributed by atoms with Crippen molar-refractivity contribution in [1.82, 2.24) is 10.3 Å². The van der Waals surface area contributed by atoms with Gasteiger partial charge in [0.1, 0.15) is 11.5 Å². The number of furan rings is 1. The van der Waals surface area contributed by atoms with Gasteiger partial charge in [-0.05, 0) is 43.7 Å². The lowest BCUT2D eigenvalue weighted by Crippen LogP contribution is -2.22. The Morgan fingerprint density at radius 2 is 2.24 bits per heavy atom. The average Bonchev–Trinajstić information content (AvgIpc) is 2.77. The minimum Gasteiger partial charge on any atom is -0.465 e. The second kappa shape index (κ2) is 5.64. The fourth-order valence-electron chi connectivity index (χ4n) is 1.92. The smallest absolute Gasteiger partial charge is 0.121 e. The van der Waals surface area contributed by atoms with Gasteiger partial charge >= 0.3 is 0 Å². The molecule has 90 valence electrons. The predicted octanol–water partition coefficient (Wildman–Crippen LogP) is 2.88. The molecule has 0 saturated heterocycles. The van der Waals surface area contributed by atoms with Gasteiger partial charge in [-0.1, -0.05) is 13.0 Å². The van der Waals surface area contributed by atoms with Crippen LogP contribution in [0.3, 0.4) is 0 Å². The average molecular weight is 230 g/mol. The number of pyridine rings is 1. The van der Waals surface area contributed by atoms with Crippen LogP contribution in [0.25, 0.3) is 0 Å². The Labute approximate surface area is 102 Å². The van der Waals surface area contributed by atoms with Gasteiger partial charge in [-0.2, -0.15) is 0 Å². The molecule has 3 heteroatoms. The van der Waals surface area contributed by atoms with Crippen LogP contribution in [0.2, 0.25) is 0 Å². The molecule has 0 radical (unpaired) electrons. The molecule has 2 aromatic rings. The fourth-order valence-corrected chi connectivity index (χ4v) is 1.92. The number of nitrogens with one attached hydrogen (secondary N) is 1. The maximum atomic E-state index is 5.69. The van der Waals surface area contributed by atoms with E-state index >= 15 is 0 Å². The summed E-state index contributed by atoms with van der Waals surface area (Å²) in [5.41, 5.74) is 1.22. The lowest BCUT2D eigenvalue weighted by molar-refractivity contribution is 0.403. The molecule has 0 aliphatic rings. The van der Waals surface area contributed by atoms with E-state index in [0.717, 1.165) is 24.5 Å². The van der Waals surface area contributed by atoms with Crippen LogP contribution < -0.4 is 5.32 Å². The molecule has 2 aromatic heterocycles. The molecule has 0 aromatic carbocycles. The van der Waals surface area contributed by atoms with E-state index in [-0.39, 0.29) is 6.04 Å². The molecule has 2 rings (SSSR count).